The SMILES string of the molecule is N#Cc1cc(F)cc(-c2ccc3c(c2)C2(COC(N)=N2)[C@H]2C[C@@H](O)CC[C@@H]2O3)c1. The Balaban J connectivity index is 1.66. The zero-order chi connectivity index (χ0) is 20.2. The second-order valence-electron chi connectivity index (χ2n) is 7.94. The number of nitriles is 1. The van der Waals surface area contributed by atoms with E-state index in [1.807, 2.05) is 24.3 Å². The molecule has 6 nitrogen and oxygen atoms in total. The molecule has 1 fully saturated rings. The maximum absolute atomic E-state index is 14.0. The molecule has 1 spiro atoms. The summed E-state index contributed by atoms with van der Waals surface area (Å²) >= 11 is 0. The Morgan fingerprint density at radius 2 is 2.07 bits per heavy atom. The lowest BCUT2D eigenvalue weighted by Crippen LogP contribution is -2.51. The molecule has 0 bridgehead atoms. The number of aliphatic hydroxyl groups excluding tert-OH is 1. The molecule has 0 amide bonds. The minimum absolute atomic E-state index is 0.0720. The fourth-order valence-electron chi connectivity index (χ4n) is 4.87. The standard InChI is InChI=1S/C22H20FN3O3/c23-15-6-12(10-24)5-14(7-15)13-1-3-19-17(8-13)22(11-28-21(25)26-22)18-9-16(27)2-4-20(18)29-19/h1,3,5-8,16,18,20,27H,2,4,9,11H2,(H2,25,26)/t16-,18-,20-,22?/m0/s1. The molecule has 3 N–H and O–H groups in total. The number of nitrogens with zero attached hydrogens (tertiary/aromatic N) is 2. The van der Waals surface area contributed by atoms with Gasteiger partial charge in [0.1, 0.15) is 29.8 Å². The van der Waals surface area contributed by atoms with Crippen LogP contribution in [0, 0.1) is 23.1 Å². The van der Waals surface area contributed by atoms with Gasteiger partial charge < -0.3 is 20.3 Å². The monoisotopic (exact) mass is 393 g/mol. The summed E-state index contributed by atoms with van der Waals surface area (Å²) in [5, 5.41) is 19.4. The fourth-order valence-corrected chi connectivity index (χ4v) is 4.87. The minimum Gasteiger partial charge on any atom is -0.490 e. The number of aliphatic hydroxyl groups is 1. The summed E-state index contributed by atoms with van der Waals surface area (Å²) < 4.78 is 25.8. The molecule has 2 aromatic carbocycles. The van der Waals surface area contributed by atoms with Crippen LogP contribution in [0.25, 0.3) is 11.1 Å². The molecule has 0 radical (unpaired) electrons. The molecular weight excluding hydrogens is 373 g/mol. The van der Waals surface area contributed by atoms with Gasteiger partial charge >= 0.3 is 0 Å². The molecule has 2 heterocycles. The lowest BCUT2D eigenvalue weighted by atomic mass is 9.67. The number of hydrogen-bond donors (Lipinski definition) is 2. The Bertz CT molecular complexity index is 1060. The molecule has 1 saturated carbocycles. The number of fused-ring (bicyclic) bond motifs is 4. The molecule has 1 aliphatic carbocycles. The molecule has 29 heavy (non-hydrogen) atoms. The van der Waals surface area contributed by atoms with Crippen LogP contribution in [0.5, 0.6) is 5.75 Å². The van der Waals surface area contributed by atoms with Crippen LogP contribution in [0.2, 0.25) is 0 Å². The smallest absolute Gasteiger partial charge is 0.283 e. The third kappa shape index (κ3) is 2.83. The van der Waals surface area contributed by atoms with E-state index in [0.717, 1.165) is 17.5 Å². The van der Waals surface area contributed by atoms with E-state index >= 15 is 0 Å². The predicted molar refractivity (Wildman–Crippen MR) is 104 cm³/mol. The van der Waals surface area contributed by atoms with E-state index in [2.05, 4.69) is 4.99 Å². The minimum atomic E-state index is -0.745. The predicted octanol–water partition coefficient (Wildman–Crippen LogP) is 2.83. The molecule has 4 atom stereocenters. The second kappa shape index (κ2) is 6.46. The van der Waals surface area contributed by atoms with Crippen LogP contribution in [0.3, 0.4) is 0 Å². The van der Waals surface area contributed by atoms with Crippen LogP contribution in [-0.4, -0.2) is 29.9 Å². The summed E-state index contributed by atoms with van der Waals surface area (Å²) in [6, 6.07) is 12.0. The highest BCUT2D eigenvalue weighted by molar-refractivity contribution is 5.75. The first-order valence-corrected chi connectivity index (χ1v) is 9.67. The van der Waals surface area contributed by atoms with Gasteiger partial charge in [-0.05, 0) is 60.7 Å². The topological polar surface area (TPSA) is 101 Å². The van der Waals surface area contributed by atoms with Crippen LogP contribution in [0.1, 0.15) is 30.4 Å². The number of rotatable bonds is 1. The molecule has 7 heteroatoms. The van der Waals surface area contributed by atoms with Gasteiger partial charge in [0.2, 0.25) is 0 Å². The summed E-state index contributed by atoms with van der Waals surface area (Å²) in [5.41, 5.74) is 7.57. The van der Waals surface area contributed by atoms with Crippen LogP contribution in [0.4, 0.5) is 4.39 Å². The number of nitrogens with two attached hydrogens (primary N) is 1. The highest BCUT2D eigenvalue weighted by Crippen LogP contribution is 2.53. The Labute approximate surface area is 167 Å². The van der Waals surface area contributed by atoms with Gasteiger partial charge in [0.05, 0.1) is 17.7 Å². The van der Waals surface area contributed by atoms with E-state index in [9.17, 15) is 9.50 Å². The van der Waals surface area contributed by atoms with Crippen LogP contribution in [0.15, 0.2) is 41.4 Å². The van der Waals surface area contributed by atoms with Crippen molar-refractivity contribution in [1.82, 2.24) is 0 Å². The normalized spacial score (nSPS) is 29.8. The van der Waals surface area contributed by atoms with Crippen LogP contribution >= 0.6 is 0 Å². The third-order valence-electron chi connectivity index (χ3n) is 6.21. The zero-order valence-corrected chi connectivity index (χ0v) is 15.6. The third-order valence-corrected chi connectivity index (χ3v) is 6.21. The highest BCUT2D eigenvalue weighted by atomic mass is 19.1. The van der Waals surface area contributed by atoms with Crippen molar-refractivity contribution >= 4 is 6.02 Å². The van der Waals surface area contributed by atoms with E-state index in [4.69, 9.17) is 20.5 Å². The summed E-state index contributed by atoms with van der Waals surface area (Å²) in [7, 11) is 0. The number of ether oxygens (including phenoxy) is 2. The lowest BCUT2D eigenvalue weighted by Gasteiger charge is -2.47. The Kier molecular flexibility index (Phi) is 4.00. The van der Waals surface area contributed by atoms with Gasteiger partial charge in [-0.15, -0.1) is 0 Å². The summed E-state index contributed by atoms with van der Waals surface area (Å²) in [6.07, 6.45) is 1.48. The van der Waals surface area contributed by atoms with Crippen molar-refractivity contribution in [3.8, 4) is 22.9 Å². The largest absolute Gasteiger partial charge is 0.490 e. The number of amidine groups is 1. The molecule has 1 unspecified atom stereocenters. The summed E-state index contributed by atoms with van der Waals surface area (Å²) in [6.45, 7) is 0.277. The van der Waals surface area contributed by atoms with Crippen molar-refractivity contribution in [2.24, 2.45) is 16.6 Å². The number of benzene rings is 2. The van der Waals surface area contributed by atoms with E-state index in [1.165, 1.54) is 12.1 Å². The van der Waals surface area contributed by atoms with E-state index < -0.39 is 17.5 Å². The molecule has 148 valence electrons. The van der Waals surface area contributed by atoms with Crippen LogP contribution < -0.4 is 10.5 Å². The quantitative estimate of drug-likeness (QED) is 0.776. The van der Waals surface area contributed by atoms with E-state index in [-0.39, 0.29) is 30.2 Å². The summed E-state index contributed by atoms with van der Waals surface area (Å²) in [4.78, 5) is 4.68. The average molecular weight is 393 g/mol. The van der Waals surface area contributed by atoms with Gasteiger partial charge in [-0.2, -0.15) is 5.26 Å². The van der Waals surface area contributed by atoms with E-state index in [1.54, 1.807) is 6.07 Å². The molecule has 0 aromatic heterocycles. The van der Waals surface area contributed by atoms with Gasteiger partial charge in [-0.1, -0.05) is 6.07 Å². The van der Waals surface area contributed by atoms with Crippen molar-refractivity contribution in [3.63, 3.8) is 0 Å². The Morgan fingerprint density at radius 3 is 2.83 bits per heavy atom. The highest BCUT2D eigenvalue weighted by Gasteiger charge is 2.55. The number of aliphatic imine (C=N–C) groups is 1. The molecular formula is C22H20FN3O3. The lowest BCUT2D eigenvalue weighted by molar-refractivity contribution is -0.0359. The molecule has 2 aliphatic heterocycles. The van der Waals surface area contributed by atoms with Crippen molar-refractivity contribution in [2.45, 2.75) is 37.0 Å². The molecule has 0 saturated heterocycles. The second-order valence-corrected chi connectivity index (χ2v) is 7.94. The van der Waals surface area contributed by atoms with Gasteiger partial charge in [0.25, 0.3) is 6.02 Å². The zero-order valence-electron chi connectivity index (χ0n) is 15.6. The van der Waals surface area contributed by atoms with Crippen molar-refractivity contribution in [1.29, 1.82) is 5.26 Å². The first-order chi connectivity index (χ1) is 14.0. The molecule has 3 aliphatic rings. The van der Waals surface area contributed by atoms with Gasteiger partial charge in [0, 0.05) is 11.5 Å². The van der Waals surface area contributed by atoms with Gasteiger partial charge in [-0.3, -0.25) is 0 Å². The maximum atomic E-state index is 14.0. The summed E-state index contributed by atoms with van der Waals surface area (Å²) in [5.74, 6) is 0.159. The number of halogens is 1. The van der Waals surface area contributed by atoms with Crippen molar-refractivity contribution in [2.75, 3.05) is 6.61 Å². The first kappa shape index (κ1) is 18.0. The molecule has 5 rings (SSSR count). The van der Waals surface area contributed by atoms with Gasteiger partial charge in [0.15, 0.2) is 0 Å². The van der Waals surface area contributed by atoms with Crippen molar-refractivity contribution in [3.05, 3.63) is 53.3 Å². The fraction of sp³-hybridized carbons (Fsp3) is 0.364. The maximum Gasteiger partial charge on any atom is 0.283 e. The molecule has 2 aromatic rings. The van der Waals surface area contributed by atoms with Crippen molar-refractivity contribution < 1.29 is 19.0 Å². The van der Waals surface area contributed by atoms with Crippen LogP contribution in [-0.2, 0) is 10.3 Å². The number of hydrogen-bond acceptors (Lipinski definition) is 6. The Morgan fingerprint density at radius 1 is 1.21 bits per heavy atom. The Hall–Kier alpha value is -3.11. The van der Waals surface area contributed by atoms with Gasteiger partial charge in [-0.25, -0.2) is 9.38 Å². The average Bonchev–Trinajstić information content (AvgIpc) is 3.10. The van der Waals surface area contributed by atoms with E-state index in [0.29, 0.717) is 24.2 Å². The first-order valence-electron chi connectivity index (χ1n) is 9.67.